The molecule has 6 heteroatoms. The Balaban J connectivity index is 1.95. The number of amides is 1. The van der Waals surface area contributed by atoms with E-state index in [1.807, 2.05) is 30.5 Å². The van der Waals surface area contributed by atoms with Gasteiger partial charge in [-0.15, -0.1) is 11.8 Å². The van der Waals surface area contributed by atoms with E-state index in [1.54, 1.807) is 36.0 Å². The minimum atomic E-state index is -0.357. The molecule has 0 fully saturated rings. The molecule has 1 amide bonds. The number of carbonyl (C=O) groups excluding carboxylic acids is 1. The van der Waals surface area contributed by atoms with E-state index in [1.165, 1.54) is 0 Å². The van der Waals surface area contributed by atoms with Gasteiger partial charge in [0.25, 0.3) is 11.5 Å². The minimum absolute atomic E-state index is 0.198. The second-order valence-electron chi connectivity index (χ2n) is 4.63. The number of carbonyl (C=O) groups is 1. The molecule has 2 N–H and O–H groups in total. The molecule has 0 saturated heterocycles. The predicted molar refractivity (Wildman–Crippen MR) is 88.5 cm³/mol. The fourth-order valence-corrected chi connectivity index (χ4v) is 2.56. The number of anilines is 1. The van der Waals surface area contributed by atoms with Crippen LogP contribution in [0.4, 0.5) is 5.69 Å². The maximum Gasteiger partial charge on any atom is 0.276 e. The molecule has 3 aromatic rings. The molecule has 0 spiro atoms. The summed E-state index contributed by atoms with van der Waals surface area (Å²) in [7, 11) is 0. The average Bonchev–Trinajstić information content (AvgIpc) is 2.56. The summed E-state index contributed by atoms with van der Waals surface area (Å²) < 4.78 is 0. The summed E-state index contributed by atoms with van der Waals surface area (Å²) in [4.78, 5) is 25.2. The highest BCUT2D eigenvalue weighted by Crippen LogP contribution is 2.19. The van der Waals surface area contributed by atoms with Crippen LogP contribution in [0.5, 0.6) is 0 Å². The van der Waals surface area contributed by atoms with Gasteiger partial charge >= 0.3 is 0 Å². The van der Waals surface area contributed by atoms with Crippen molar-refractivity contribution in [2.24, 2.45) is 0 Å². The van der Waals surface area contributed by atoms with Crippen molar-refractivity contribution in [2.75, 3.05) is 11.6 Å². The van der Waals surface area contributed by atoms with E-state index in [0.29, 0.717) is 16.5 Å². The highest BCUT2D eigenvalue weighted by atomic mass is 32.2. The number of rotatable bonds is 3. The van der Waals surface area contributed by atoms with Crippen LogP contribution in [0.3, 0.4) is 0 Å². The zero-order valence-corrected chi connectivity index (χ0v) is 12.6. The number of aromatic nitrogens is 2. The number of hydrogen-bond acceptors (Lipinski definition) is 4. The molecular formula is C16H13N3O2S. The van der Waals surface area contributed by atoms with E-state index in [-0.39, 0.29) is 17.2 Å². The number of fused-ring (bicyclic) bond motifs is 1. The van der Waals surface area contributed by atoms with Crippen molar-refractivity contribution in [1.29, 1.82) is 0 Å². The van der Waals surface area contributed by atoms with Crippen LogP contribution in [0, 0.1) is 0 Å². The Morgan fingerprint density at radius 2 is 1.77 bits per heavy atom. The summed E-state index contributed by atoms with van der Waals surface area (Å²) in [6, 6.07) is 14.4. The Kier molecular flexibility index (Phi) is 3.93. The quantitative estimate of drug-likeness (QED) is 0.729. The lowest BCUT2D eigenvalue weighted by Crippen LogP contribution is -2.19. The van der Waals surface area contributed by atoms with Crippen LogP contribution in [0.25, 0.3) is 10.8 Å². The molecule has 2 aromatic carbocycles. The lowest BCUT2D eigenvalue weighted by molar-refractivity contribution is 0.102. The van der Waals surface area contributed by atoms with Gasteiger partial charge in [0.15, 0.2) is 5.69 Å². The first kappa shape index (κ1) is 14.3. The van der Waals surface area contributed by atoms with Gasteiger partial charge in [0.2, 0.25) is 0 Å². The molecular weight excluding hydrogens is 298 g/mol. The summed E-state index contributed by atoms with van der Waals surface area (Å²) in [5.74, 6) is -0.357. The molecule has 3 rings (SSSR count). The number of benzene rings is 2. The van der Waals surface area contributed by atoms with Gasteiger partial charge in [-0.1, -0.05) is 18.2 Å². The summed E-state index contributed by atoms with van der Waals surface area (Å²) in [5.41, 5.74) is 0.570. The van der Waals surface area contributed by atoms with Gasteiger partial charge in [-0.25, -0.2) is 5.10 Å². The number of nitrogens with one attached hydrogen (secondary N) is 2. The van der Waals surface area contributed by atoms with E-state index >= 15 is 0 Å². The normalized spacial score (nSPS) is 10.6. The minimum Gasteiger partial charge on any atom is -0.321 e. The lowest BCUT2D eigenvalue weighted by Gasteiger charge is -2.07. The van der Waals surface area contributed by atoms with Crippen molar-refractivity contribution in [3.05, 3.63) is 64.6 Å². The van der Waals surface area contributed by atoms with Gasteiger partial charge in [0.1, 0.15) is 0 Å². The van der Waals surface area contributed by atoms with Gasteiger partial charge in [0, 0.05) is 16.0 Å². The Labute approximate surface area is 130 Å². The van der Waals surface area contributed by atoms with Crippen LogP contribution in [0.1, 0.15) is 10.5 Å². The van der Waals surface area contributed by atoms with Crippen molar-refractivity contribution in [3.8, 4) is 0 Å². The van der Waals surface area contributed by atoms with Crippen molar-refractivity contribution in [3.63, 3.8) is 0 Å². The highest BCUT2D eigenvalue weighted by Gasteiger charge is 2.14. The van der Waals surface area contributed by atoms with Crippen LogP contribution >= 0.6 is 11.8 Å². The first-order valence-corrected chi connectivity index (χ1v) is 7.84. The van der Waals surface area contributed by atoms with E-state index < -0.39 is 0 Å². The number of hydrogen-bond donors (Lipinski definition) is 2. The highest BCUT2D eigenvalue weighted by molar-refractivity contribution is 7.98. The van der Waals surface area contributed by atoms with Crippen LogP contribution in [-0.4, -0.2) is 22.4 Å². The first-order valence-electron chi connectivity index (χ1n) is 6.62. The fourth-order valence-electron chi connectivity index (χ4n) is 2.15. The van der Waals surface area contributed by atoms with Crippen LogP contribution in [0.2, 0.25) is 0 Å². The third kappa shape index (κ3) is 2.73. The van der Waals surface area contributed by atoms with E-state index in [2.05, 4.69) is 15.5 Å². The van der Waals surface area contributed by atoms with E-state index in [9.17, 15) is 9.59 Å². The third-order valence-corrected chi connectivity index (χ3v) is 4.00. The average molecular weight is 311 g/mol. The van der Waals surface area contributed by atoms with Crippen LogP contribution in [0.15, 0.2) is 58.2 Å². The second-order valence-corrected chi connectivity index (χ2v) is 5.51. The zero-order chi connectivity index (χ0) is 15.5. The van der Waals surface area contributed by atoms with Crippen LogP contribution < -0.4 is 10.9 Å². The summed E-state index contributed by atoms with van der Waals surface area (Å²) >= 11 is 1.63. The molecule has 0 unspecified atom stereocenters. The Bertz CT molecular complexity index is 888. The van der Waals surface area contributed by atoms with Crippen molar-refractivity contribution >= 4 is 34.1 Å². The number of aromatic amines is 1. The van der Waals surface area contributed by atoms with Gasteiger partial charge in [-0.2, -0.15) is 5.10 Å². The Morgan fingerprint density at radius 3 is 2.45 bits per heavy atom. The molecule has 1 aromatic heterocycles. The number of nitrogens with zero attached hydrogens (tertiary/aromatic N) is 1. The summed E-state index contributed by atoms with van der Waals surface area (Å²) in [5, 5.41) is 10.0. The van der Waals surface area contributed by atoms with E-state index in [4.69, 9.17) is 0 Å². The van der Waals surface area contributed by atoms with Crippen molar-refractivity contribution < 1.29 is 4.79 Å². The molecule has 22 heavy (non-hydrogen) atoms. The lowest BCUT2D eigenvalue weighted by atomic mass is 10.1. The zero-order valence-electron chi connectivity index (χ0n) is 11.8. The number of H-pyrrole nitrogens is 1. The SMILES string of the molecule is CSc1ccc(NC(=O)c2n[nH]c(=O)c3ccccc23)cc1. The molecule has 0 bridgehead atoms. The smallest absolute Gasteiger partial charge is 0.276 e. The second kappa shape index (κ2) is 6.03. The number of thioether (sulfide) groups is 1. The van der Waals surface area contributed by atoms with Crippen LogP contribution in [-0.2, 0) is 0 Å². The standard InChI is InChI=1S/C16H13N3O2S/c1-22-11-8-6-10(7-9-11)17-16(21)14-12-4-2-3-5-13(12)15(20)19-18-14/h2-9H,1H3,(H,17,21)(H,19,20). The van der Waals surface area contributed by atoms with Crippen molar-refractivity contribution in [1.82, 2.24) is 10.2 Å². The third-order valence-electron chi connectivity index (χ3n) is 3.26. The van der Waals surface area contributed by atoms with Crippen molar-refractivity contribution in [2.45, 2.75) is 4.90 Å². The van der Waals surface area contributed by atoms with E-state index in [0.717, 1.165) is 4.90 Å². The molecule has 0 aliphatic carbocycles. The Hall–Kier alpha value is -2.60. The fraction of sp³-hybridized carbons (Fsp3) is 0.0625. The largest absolute Gasteiger partial charge is 0.321 e. The predicted octanol–water partition coefficient (Wildman–Crippen LogP) is 2.90. The molecule has 0 atom stereocenters. The molecule has 0 aliphatic rings. The Morgan fingerprint density at radius 1 is 1.09 bits per heavy atom. The summed E-state index contributed by atoms with van der Waals surface area (Å²) in [6.45, 7) is 0. The van der Waals surface area contributed by atoms with Gasteiger partial charge in [-0.3, -0.25) is 9.59 Å². The van der Waals surface area contributed by atoms with Gasteiger partial charge < -0.3 is 5.32 Å². The molecule has 0 radical (unpaired) electrons. The first-order chi connectivity index (χ1) is 10.7. The maximum absolute atomic E-state index is 12.4. The topological polar surface area (TPSA) is 74.8 Å². The molecule has 0 saturated carbocycles. The molecule has 5 nitrogen and oxygen atoms in total. The summed E-state index contributed by atoms with van der Waals surface area (Å²) in [6.07, 6.45) is 1.99. The molecule has 110 valence electrons. The molecule has 0 aliphatic heterocycles. The van der Waals surface area contributed by atoms with Gasteiger partial charge in [0.05, 0.1) is 5.39 Å². The molecule has 1 heterocycles. The van der Waals surface area contributed by atoms with Gasteiger partial charge in [-0.05, 0) is 36.6 Å². The maximum atomic E-state index is 12.4. The monoisotopic (exact) mass is 311 g/mol.